The van der Waals surface area contributed by atoms with Gasteiger partial charge in [0, 0.05) is 22.7 Å². The van der Waals surface area contributed by atoms with Crippen molar-refractivity contribution in [3.63, 3.8) is 0 Å². The number of nitrogen functional groups attached to an aromatic ring is 1. The van der Waals surface area contributed by atoms with Gasteiger partial charge in [0.05, 0.1) is 0 Å². The lowest BCUT2D eigenvalue weighted by Gasteiger charge is -2.02. The first kappa shape index (κ1) is 7.86. The number of anilines is 1. The Labute approximate surface area is 75.2 Å². The fraction of sp³-hybridized carbons (Fsp3) is 0.100. The number of benzene rings is 1. The van der Waals surface area contributed by atoms with Crippen molar-refractivity contribution < 1.29 is 0 Å². The largest absolute Gasteiger partial charge is 0.398 e. The Kier molecular flexibility index (Phi) is 1.59. The number of nitrogens with two attached hydrogens (primary N) is 1. The fourth-order valence-corrected chi connectivity index (χ4v) is 1.33. The minimum Gasteiger partial charge on any atom is -0.398 e. The standard InChI is InChI=1S/C10H10N2O/c1-6-4-9-7(5-8(6)11)2-3-10(13)12-9/h2-5H,11H2,1H3,(H,12,13). The van der Waals surface area contributed by atoms with Crippen LogP contribution in [-0.2, 0) is 0 Å². The summed E-state index contributed by atoms with van der Waals surface area (Å²) in [6.45, 7) is 1.92. The summed E-state index contributed by atoms with van der Waals surface area (Å²) in [6, 6.07) is 7.01. The van der Waals surface area contributed by atoms with E-state index in [2.05, 4.69) is 4.98 Å². The van der Waals surface area contributed by atoms with Crippen LogP contribution in [0.1, 0.15) is 5.56 Å². The van der Waals surface area contributed by atoms with Gasteiger partial charge in [0.25, 0.3) is 0 Å². The monoisotopic (exact) mass is 174 g/mol. The van der Waals surface area contributed by atoms with Gasteiger partial charge >= 0.3 is 0 Å². The molecule has 2 rings (SSSR count). The lowest BCUT2D eigenvalue weighted by molar-refractivity contribution is 1.30. The molecule has 3 heteroatoms. The minimum absolute atomic E-state index is 0.0864. The Balaban J connectivity index is 2.89. The first-order valence-corrected chi connectivity index (χ1v) is 4.06. The molecule has 3 nitrogen and oxygen atoms in total. The normalized spacial score (nSPS) is 10.5. The summed E-state index contributed by atoms with van der Waals surface area (Å²) >= 11 is 0. The maximum atomic E-state index is 11.0. The van der Waals surface area contributed by atoms with E-state index in [4.69, 9.17) is 5.73 Å². The maximum Gasteiger partial charge on any atom is 0.248 e. The number of nitrogens with one attached hydrogen (secondary N) is 1. The third kappa shape index (κ3) is 1.28. The number of hydrogen-bond donors (Lipinski definition) is 2. The van der Waals surface area contributed by atoms with Crippen LogP contribution in [0, 0.1) is 6.92 Å². The van der Waals surface area contributed by atoms with Gasteiger partial charge in [0.15, 0.2) is 0 Å². The second kappa shape index (κ2) is 2.62. The van der Waals surface area contributed by atoms with Crippen LogP contribution in [0.5, 0.6) is 0 Å². The van der Waals surface area contributed by atoms with Gasteiger partial charge in [-0.2, -0.15) is 0 Å². The Morgan fingerprint density at radius 3 is 2.85 bits per heavy atom. The van der Waals surface area contributed by atoms with Crippen LogP contribution in [0.15, 0.2) is 29.1 Å². The zero-order valence-corrected chi connectivity index (χ0v) is 7.29. The molecule has 0 spiro atoms. The molecule has 0 aliphatic heterocycles. The topological polar surface area (TPSA) is 58.9 Å². The lowest BCUT2D eigenvalue weighted by atomic mass is 10.1. The van der Waals surface area contributed by atoms with Crippen molar-refractivity contribution in [2.45, 2.75) is 6.92 Å². The van der Waals surface area contributed by atoms with Gasteiger partial charge in [-0.1, -0.05) is 0 Å². The van der Waals surface area contributed by atoms with Crippen molar-refractivity contribution in [2.75, 3.05) is 5.73 Å². The lowest BCUT2D eigenvalue weighted by Crippen LogP contribution is -2.03. The quantitative estimate of drug-likeness (QED) is 0.593. The molecular weight excluding hydrogens is 164 g/mol. The average molecular weight is 174 g/mol. The van der Waals surface area contributed by atoms with Crippen molar-refractivity contribution in [1.29, 1.82) is 0 Å². The Hall–Kier alpha value is -1.77. The molecule has 66 valence electrons. The molecule has 1 aromatic carbocycles. The van der Waals surface area contributed by atoms with Crippen molar-refractivity contribution >= 4 is 16.6 Å². The summed E-state index contributed by atoms with van der Waals surface area (Å²) in [7, 11) is 0. The van der Waals surface area contributed by atoms with Crippen LogP contribution in [-0.4, -0.2) is 4.98 Å². The molecule has 0 fully saturated rings. The number of H-pyrrole nitrogens is 1. The molecule has 0 bridgehead atoms. The zero-order chi connectivity index (χ0) is 9.42. The highest BCUT2D eigenvalue weighted by molar-refractivity contribution is 5.83. The van der Waals surface area contributed by atoms with Crippen LogP contribution in [0.4, 0.5) is 5.69 Å². The Bertz CT molecular complexity index is 514. The molecule has 0 radical (unpaired) electrons. The predicted octanol–water partition coefficient (Wildman–Crippen LogP) is 1.42. The van der Waals surface area contributed by atoms with E-state index < -0.39 is 0 Å². The molecule has 3 N–H and O–H groups in total. The van der Waals surface area contributed by atoms with E-state index in [-0.39, 0.29) is 5.56 Å². The Morgan fingerprint density at radius 1 is 1.31 bits per heavy atom. The second-order valence-electron chi connectivity index (χ2n) is 3.12. The van der Waals surface area contributed by atoms with E-state index in [0.29, 0.717) is 0 Å². The Morgan fingerprint density at radius 2 is 2.08 bits per heavy atom. The molecule has 0 aliphatic carbocycles. The summed E-state index contributed by atoms with van der Waals surface area (Å²) < 4.78 is 0. The molecule has 1 aromatic heterocycles. The van der Waals surface area contributed by atoms with Crippen molar-refractivity contribution in [3.8, 4) is 0 Å². The van der Waals surface area contributed by atoms with Crippen molar-refractivity contribution in [1.82, 2.24) is 4.98 Å². The third-order valence-electron chi connectivity index (χ3n) is 2.11. The van der Waals surface area contributed by atoms with Crippen LogP contribution >= 0.6 is 0 Å². The van der Waals surface area contributed by atoms with E-state index in [1.165, 1.54) is 6.07 Å². The molecule has 0 aliphatic rings. The summed E-state index contributed by atoms with van der Waals surface area (Å²) in [4.78, 5) is 13.7. The molecule has 13 heavy (non-hydrogen) atoms. The number of pyridine rings is 1. The molecular formula is C10H10N2O. The van der Waals surface area contributed by atoms with E-state index in [1.807, 2.05) is 19.1 Å². The summed E-state index contributed by atoms with van der Waals surface area (Å²) in [5, 5.41) is 0.961. The van der Waals surface area contributed by atoms with E-state index in [1.54, 1.807) is 6.07 Å². The average Bonchev–Trinajstić information content (AvgIpc) is 2.08. The molecule has 0 unspecified atom stereocenters. The zero-order valence-electron chi connectivity index (χ0n) is 7.29. The highest BCUT2D eigenvalue weighted by atomic mass is 16.1. The molecule has 2 aromatic rings. The van der Waals surface area contributed by atoms with Gasteiger partial charge in [0.1, 0.15) is 0 Å². The SMILES string of the molecule is Cc1cc2[nH]c(=O)ccc2cc1N. The predicted molar refractivity (Wildman–Crippen MR) is 53.7 cm³/mol. The number of hydrogen-bond acceptors (Lipinski definition) is 2. The number of rotatable bonds is 0. The molecule has 0 amide bonds. The van der Waals surface area contributed by atoms with Gasteiger partial charge in [-0.15, -0.1) is 0 Å². The molecule has 1 heterocycles. The molecule has 0 saturated carbocycles. The van der Waals surface area contributed by atoms with Crippen LogP contribution < -0.4 is 11.3 Å². The van der Waals surface area contributed by atoms with E-state index in [0.717, 1.165) is 22.2 Å². The third-order valence-corrected chi connectivity index (χ3v) is 2.11. The van der Waals surface area contributed by atoms with Crippen molar-refractivity contribution in [2.24, 2.45) is 0 Å². The van der Waals surface area contributed by atoms with Crippen LogP contribution in [0.25, 0.3) is 10.9 Å². The van der Waals surface area contributed by atoms with Crippen LogP contribution in [0.3, 0.4) is 0 Å². The fourth-order valence-electron chi connectivity index (χ4n) is 1.33. The van der Waals surface area contributed by atoms with Crippen LogP contribution in [0.2, 0.25) is 0 Å². The van der Waals surface area contributed by atoms with Gasteiger partial charge in [-0.3, -0.25) is 4.79 Å². The number of fused-ring (bicyclic) bond motifs is 1. The first-order chi connectivity index (χ1) is 6.16. The maximum absolute atomic E-state index is 11.0. The number of aromatic amines is 1. The molecule has 0 saturated heterocycles. The van der Waals surface area contributed by atoms with Crippen molar-refractivity contribution in [3.05, 3.63) is 40.2 Å². The first-order valence-electron chi connectivity index (χ1n) is 4.06. The number of aromatic nitrogens is 1. The molecule has 0 atom stereocenters. The van der Waals surface area contributed by atoms with E-state index >= 15 is 0 Å². The van der Waals surface area contributed by atoms with E-state index in [9.17, 15) is 4.79 Å². The highest BCUT2D eigenvalue weighted by Crippen LogP contribution is 2.17. The summed E-state index contributed by atoms with van der Waals surface area (Å²) in [5.41, 5.74) is 8.21. The van der Waals surface area contributed by atoms with Gasteiger partial charge in [0.2, 0.25) is 5.56 Å². The number of aryl methyl sites for hydroxylation is 1. The summed E-state index contributed by atoms with van der Waals surface area (Å²) in [6.07, 6.45) is 0. The smallest absolute Gasteiger partial charge is 0.248 e. The van der Waals surface area contributed by atoms with Gasteiger partial charge in [-0.25, -0.2) is 0 Å². The van der Waals surface area contributed by atoms with Gasteiger partial charge in [-0.05, 0) is 30.7 Å². The second-order valence-corrected chi connectivity index (χ2v) is 3.12. The van der Waals surface area contributed by atoms with Gasteiger partial charge < -0.3 is 10.7 Å². The summed E-state index contributed by atoms with van der Waals surface area (Å²) in [5.74, 6) is 0. The minimum atomic E-state index is -0.0864. The highest BCUT2D eigenvalue weighted by Gasteiger charge is 1.98.